The molecule has 0 saturated carbocycles. The molecule has 1 aromatic heterocycles. The number of hydrogen-bond acceptors (Lipinski definition) is 4. The van der Waals surface area contributed by atoms with E-state index in [-0.39, 0.29) is 6.04 Å². The van der Waals surface area contributed by atoms with E-state index in [1.165, 1.54) is 10.4 Å². The number of rotatable bonds is 6. The zero-order valence-corrected chi connectivity index (χ0v) is 11.2. The lowest BCUT2D eigenvalue weighted by Crippen LogP contribution is -2.29. The van der Waals surface area contributed by atoms with E-state index in [9.17, 15) is 0 Å². The number of nitrogens with one attached hydrogen (secondary N) is 1. The second-order valence-corrected chi connectivity index (χ2v) is 5.04. The maximum absolute atomic E-state index is 5.64. The maximum atomic E-state index is 5.64. The molecule has 1 heterocycles. The Hall–Kier alpha value is -1.36. The fourth-order valence-electron chi connectivity index (χ4n) is 1.87. The number of nitrogens with two attached hydrogens (primary N) is 1. The summed E-state index contributed by atoms with van der Waals surface area (Å²) < 4.78 is 5.43. The lowest BCUT2D eigenvalue weighted by atomic mass is 10.0. The van der Waals surface area contributed by atoms with E-state index in [4.69, 9.17) is 10.6 Å². The van der Waals surface area contributed by atoms with Crippen molar-refractivity contribution in [3.8, 4) is 5.75 Å². The van der Waals surface area contributed by atoms with Gasteiger partial charge in [-0.1, -0.05) is 18.2 Å². The van der Waals surface area contributed by atoms with E-state index in [2.05, 4.69) is 35.1 Å². The van der Waals surface area contributed by atoms with Crippen LogP contribution >= 0.6 is 11.3 Å². The van der Waals surface area contributed by atoms with Crippen molar-refractivity contribution in [3.05, 3.63) is 52.2 Å². The third-order valence-electron chi connectivity index (χ3n) is 2.78. The minimum atomic E-state index is 0.138. The normalized spacial score (nSPS) is 12.3. The summed E-state index contributed by atoms with van der Waals surface area (Å²) in [5.41, 5.74) is 4.05. The van der Waals surface area contributed by atoms with Gasteiger partial charge in [-0.15, -0.1) is 11.3 Å². The number of benzene rings is 1. The number of thiophene rings is 1. The van der Waals surface area contributed by atoms with Crippen molar-refractivity contribution in [3.63, 3.8) is 0 Å². The van der Waals surface area contributed by atoms with Crippen molar-refractivity contribution in [1.29, 1.82) is 0 Å². The molecule has 1 unspecified atom stereocenters. The van der Waals surface area contributed by atoms with E-state index in [0.29, 0.717) is 6.61 Å². The summed E-state index contributed by atoms with van der Waals surface area (Å²) in [5, 5.41) is 2.08. The van der Waals surface area contributed by atoms with E-state index in [1.807, 2.05) is 19.1 Å². The topological polar surface area (TPSA) is 47.3 Å². The average molecular weight is 262 g/mol. The summed E-state index contributed by atoms with van der Waals surface area (Å²) in [5.74, 6) is 6.54. The van der Waals surface area contributed by atoms with Crippen molar-refractivity contribution in [2.75, 3.05) is 6.61 Å². The number of hydrogen-bond donors (Lipinski definition) is 2. The highest BCUT2D eigenvalue weighted by Crippen LogP contribution is 2.22. The van der Waals surface area contributed by atoms with Crippen molar-refractivity contribution in [1.82, 2.24) is 5.43 Å². The fraction of sp³-hybridized carbons (Fsp3) is 0.286. The zero-order chi connectivity index (χ0) is 12.8. The second-order valence-electron chi connectivity index (χ2n) is 4.00. The van der Waals surface area contributed by atoms with Crippen LogP contribution in [-0.4, -0.2) is 6.61 Å². The highest BCUT2D eigenvalue weighted by atomic mass is 32.1. The quantitative estimate of drug-likeness (QED) is 0.621. The third-order valence-corrected chi connectivity index (χ3v) is 3.68. The van der Waals surface area contributed by atoms with Crippen LogP contribution in [0, 0.1) is 0 Å². The summed E-state index contributed by atoms with van der Waals surface area (Å²) in [6.07, 6.45) is 0.905. The van der Waals surface area contributed by atoms with Crippen LogP contribution in [0.25, 0.3) is 0 Å². The summed E-state index contributed by atoms with van der Waals surface area (Å²) >= 11 is 1.75. The molecule has 0 spiro atoms. The molecule has 0 aliphatic heterocycles. The summed E-state index contributed by atoms with van der Waals surface area (Å²) in [4.78, 5) is 1.33. The van der Waals surface area contributed by atoms with Gasteiger partial charge in [0.1, 0.15) is 5.75 Å². The van der Waals surface area contributed by atoms with Gasteiger partial charge >= 0.3 is 0 Å². The minimum Gasteiger partial charge on any atom is -0.494 e. The highest BCUT2D eigenvalue weighted by Gasteiger charge is 2.11. The Morgan fingerprint density at radius 1 is 1.28 bits per heavy atom. The second kappa shape index (κ2) is 6.54. The van der Waals surface area contributed by atoms with Crippen LogP contribution in [0.5, 0.6) is 5.75 Å². The van der Waals surface area contributed by atoms with Gasteiger partial charge in [-0.05, 0) is 36.1 Å². The Bertz CT molecular complexity index is 453. The highest BCUT2D eigenvalue weighted by molar-refractivity contribution is 7.09. The van der Waals surface area contributed by atoms with E-state index in [0.717, 1.165) is 12.2 Å². The summed E-state index contributed by atoms with van der Waals surface area (Å²) in [7, 11) is 0. The van der Waals surface area contributed by atoms with E-state index >= 15 is 0 Å². The third kappa shape index (κ3) is 3.32. The molecule has 96 valence electrons. The first-order chi connectivity index (χ1) is 8.83. The van der Waals surface area contributed by atoms with Crippen LogP contribution in [0.2, 0.25) is 0 Å². The van der Waals surface area contributed by atoms with Gasteiger partial charge in [-0.3, -0.25) is 11.3 Å². The van der Waals surface area contributed by atoms with Gasteiger partial charge in [0.15, 0.2) is 0 Å². The van der Waals surface area contributed by atoms with Gasteiger partial charge in [0, 0.05) is 11.3 Å². The molecular weight excluding hydrogens is 244 g/mol. The SMILES string of the molecule is CCOc1ccc(C(Cc2cccs2)NN)cc1. The van der Waals surface area contributed by atoms with Crippen molar-refractivity contribution in [2.24, 2.45) is 5.84 Å². The van der Waals surface area contributed by atoms with Gasteiger partial charge in [0.25, 0.3) is 0 Å². The van der Waals surface area contributed by atoms with Crippen LogP contribution in [0.3, 0.4) is 0 Å². The van der Waals surface area contributed by atoms with Gasteiger partial charge in [-0.2, -0.15) is 0 Å². The molecule has 0 aliphatic carbocycles. The Kier molecular flexibility index (Phi) is 4.75. The molecule has 0 fully saturated rings. The molecule has 18 heavy (non-hydrogen) atoms. The summed E-state index contributed by atoms with van der Waals surface area (Å²) in [6, 6.07) is 12.4. The fourth-order valence-corrected chi connectivity index (χ4v) is 2.62. The Morgan fingerprint density at radius 3 is 2.61 bits per heavy atom. The van der Waals surface area contributed by atoms with Crippen LogP contribution in [0.1, 0.15) is 23.4 Å². The molecule has 2 aromatic rings. The van der Waals surface area contributed by atoms with Crippen LogP contribution in [0.15, 0.2) is 41.8 Å². The van der Waals surface area contributed by atoms with Gasteiger partial charge in [0.2, 0.25) is 0 Å². The molecule has 0 aliphatic rings. The smallest absolute Gasteiger partial charge is 0.119 e. The van der Waals surface area contributed by atoms with E-state index in [1.54, 1.807) is 11.3 Å². The Morgan fingerprint density at radius 2 is 2.06 bits per heavy atom. The van der Waals surface area contributed by atoms with Crippen molar-refractivity contribution < 1.29 is 4.74 Å². The molecule has 2 rings (SSSR count). The van der Waals surface area contributed by atoms with Crippen molar-refractivity contribution in [2.45, 2.75) is 19.4 Å². The average Bonchev–Trinajstić information content (AvgIpc) is 2.90. The molecule has 4 heteroatoms. The molecule has 0 amide bonds. The largest absolute Gasteiger partial charge is 0.494 e. The van der Waals surface area contributed by atoms with Crippen LogP contribution in [-0.2, 0) is 6.42 Å². The predicted molar refractivity (Wildman–Crippen MR) is 75.7 cm³/mol. The Balaban J connectivity index is 2.07. The minimum absolute atomic E-state index is 0.138. The van der Waals surface area contributed by atoms with Gasteiger partial charge in [-0.25, -0.2) is 0 Å². The molecule has 1 aromatic carbocycles. The maximum Gasteiger partial charge on any atom is 0.119 e. The van der Waals surface area contributed by atoms with Crippen LogP contribution < -0.4 is 16.0 Å². The Labute approximate surface area is 112 Å². The number of hydrazine groups is 1. The lowest BCUT2D eigenvalue weighted by Gasteiger charge is -2.16. The molecule has 0 saturated heterocycles. The first-order valence-corrected chi connectivity index (χ1v) is 6.92. The number of ether oxygens (including phenoxy) is 1. The first-order valence-electron chi connectivity index (χ1n) is 6.04. The van der Waals surface area contributed by atoms with E-state index < -0.39 is 0 Å². The predicted octanol–water partition coefficient (Wildman–Crippen LogP) is 2.89. The molecule has 3 nitrogen and oxygen atoms in total. The van der Waals surface area contributed by atoms with Crippen molar-refractivity contribution >= 4 is 11.3 Å². The standard InChI is InChI=1S/C14H18N2OS/c1-2-17-12-7-5-11(6-8-12)14(16-15)10-13-4-3-9-18-13/h3-9,14,16H,2,10,15H2,1H3. The van der Waals surface area contributed by atoms with Gasteiger partial charge < -0.3 is 4.74 Å². The van der Waals surface area contributed by atoms with Crippen LogP contribution in [0.4, 0.5) is 0 Å². The molecule has 0 bridgehead atoms. The molecule has 0 radical (unpaired) electrons. The molecule has 3 N–H and O–H groups in total. The lowest BCUT2D eigenvalue weighted by molar-refractivity contribution is 0.340. The zero-order valence-electron chi connectivity index (χ0n) is 10.4. The molecule has 1 atom stereocenters. The monoisotopic (exact) mass is 262 g/mol. The van der Waals surface area contributed by atoms with Gasteiger partial charge in [0.05, 0.1) is 12.6 Å². The summed E-state index contributed by atoms with van der Waals surface area (Å²) in [6.45, 7) is 2.67. The first kappa shape index (κ1) is 13.1. The molecular formula is C14H18N2OS.